The Morgan fingerprint density at radius 2 is 2.09 bits per heavy atom. The number of hydrogen-bond donors (Lipinski definition) is 2. The van der Waals surface area contributed by atoms with Crippen molar-refractivity contribution in [2.45, 2.75) is 38.3 Å². The van der Waals surface area contributed by atoms with Gasteiger partial charge in [-0.3, -0.25) is 4.99 Å². The second kappa shape index (κ2) is 12.1. The fourth-order valence-corrected chi connectivity index (χ4v) is 3.84. The third-order valence-electron chi connectivity index (χ3n) is 5.83. The fourth-order valence-electron chi connectivity index (χ4n) is 3.84. The molecule has 1 atom stereocenters. The van der Waals surface area contributed by atoms with Crippen LogP contribution in [0.25, 0.3) is 0 Å². The summed E-state index contributed by atoms with van der Waals surface area (Å²) in [6.45, 7) is 3.44. The molecule has 0 radical (unpaired) electrons. The summed E-state index contributed by atoms with van der Waals surface area (Å²) in [5.41, 5.74) is 2.33. The quantitative estimate of drug-likeness (QED) is 0.295. The molecule has 0 spiro atoms. The SMILES string of the molecule is CN=C(NCc1ccnc(OCC2CC2)c1)NC1CCCN(c2cccc(OC)c2)C1.I. The van der Waals surface area contributed by atoms with E-state index in [2.05, 4.69) is 37.6 Å². The number of methoxy groups -OCH3 is 1. The van der Waals surface area contributed by atoms with Crippen LogP contribution < -0.4 is 25.0 Å². The van der Waals surface area contributed by atoms with Crippen molar-refractivity contribution in [1.29, 1.82) is 0 Å². The Morgan fingerprint density at radius 1 is 1.22 bits per heavy atom. The number of piperidine rings is 1. The zero-order chi connectivity index (χ0) is 21.5. The molecular formula is C24H34IN5O2. The van der Waals surface area contributed by atoms with Crippen molar-refractivity contribution >= 4 is 35.6 Å². The zero-order valence-electron chi connectivity index (χ0n) is 18.9. The number of ether oxygens (including phenoxy) is 2. The molecule has 2 aliphatic rings. The van der Waals surface area contributed by atoms with Crippen molar-refractivity contribution in [2.75, 3.05) is 38.8 Å². The number of guanidine groups is 1. The highest BCUT2D eigenvalue weighted by molar-refractivity contribution is 14.0. The summed E-state index contributed by atoms with van der Waals surface area (Å²) < 4.78 is 11.2. The maximum absolute atomic E-state index is 5.80. The van der Waals surface area contributed by atoms with Gasteiger partial charge < -0.3 is 25.0 Å². The molecule has 1 aliphatic heterocycles. The van der Waals surface area contributed by atoms with Gasteiger partial charge in [0.25, 0.3) is 0 Å². The summed E-state index contributed by atoms with van der Waals surface area (Å²) in [5.74, 6) is 3.13. The van der Waals surface area contributed by atoms with Gasteiger partial charge in [-0.25, -0.2) is 4.98 Å². The molecule has 1 aliphatic carbocycles. The molecule has 2 fully saturated rings. The Labute approximate surface area is 208 Å². The van der Waals surface area contributed by atoms with Crippen LogP contribution in [-0.4, -0.2) is 50.8 Å². The van der Waals surface area contributed by atoms with Crippen molar-refractivity contribution in [2.24, 2.45) is 10.9 Å². The Kier molecular flexibility index (Phi) is 9.25. The summed E-state index contributed by atoms with van der Waals surface area (Å²) in [6, 6.07) is 12.6. The van der Waals surface area contributed by atoms with E-state index >= 15 is 0 Å². The number of benzene rings is 1. The third-order valence-corrected chi connectivity index (χ3v) is 5.83. The lowest BCUT2D eigenvalue weighted by Gasteiger charge is -2.35. The zero-order valence-corrected chi connectivity index (χ0v) is 21.2. The molecule has 1 unspecified atom stereocenters. The lowest BCUT2D eigenvalue weighted by atomic mass is 10.0. The van der Waals surface area contributed by atoms with Gasteiger partial charge in [0.15, 0.2) is 5.96 Å². The van der Waals surface area contributed by atoms with Gasteiger partial charge in [0.05, 0.1) is 13.7 Å². The van der Waals surface area contributed by atoms with Gasteiger partial charge >= 0.3 is 0 Å². The monoisotopic (exact) mass is 551 g/mol. The highest BCUT2D eigenvalue weighted by Crippen LogP contribution is 2.29. The van der Waals surface area contributed by atoms with Crippen LogP contribution in [0.3, 0.4) is 0 Å². The van der Waals surface area contributed by atoms with Gasteiger partial charge in [0.1, 0.15) is 5.75 Å². The van der Waals surface area contributed by atoms with E-state index in [0.717, 1.165) is 55.7 Å². The van der Waals surface area contributed by atoms with E-state index in [9.17, 15) is 0 Å². The fraction of sp³-hybridized carbons (Fsp3) is 0.500. The van der Waals surface area contributed by atoms with E-state index in [4.69, 9.17) is 9.47 Å². The van der Waals surface area contributed by atoms with Gasteiger partial charge in [-0.15, -0.1) is 24.0 Å². The van der Waals surface area contributed by atoms with E-state index < -0.39 is 0 Å². The van der Waals surface area contributed by atoms with Crippen molar-refractivity contribution < 1.29 is 9.47 Å². The molecule has 0 bridgehead atoms. The van der Waals surface area contributed by atoms with Gasteiger partial charge in [0.2, 0.25) is 5.88 Å². The highest BCUT2D eigenvalue weighted by Gasteiger charge is 2.22. The van der Waals surface area contributed by atoms with Crippen LogP contribution in [-0.2, 0) is 6.54 Å². The van der Waals surface area contributed by atoms with Crippen molar-refractivity contribution in [3.8, 4) is 11.6 Å². The Hall–Kier alpha value is -2.23. The van der Waals surface area contributed by atoms with Gasteiger partial charge in [-0.1, -0.05) is 6.07 Å². The third kappa shape index (κ3) is 7.15. The molecule has 174 valence electrons. The molecule has 1 saturated carbocycles. The molecule has 32 heavy (non-hydrogen) atoms. The minimum atomic E-state index is 0. The highest BCUT2D eigenvalue weighted by atomic mass is 127. The van der Waals surface area contributed by atoms with Crippen LogP contribution in [0.1, 0.15) is 31.2 Å². The number of rotatable bonds is 8. The normalized spacial score (nSPS) is 18.5. The topological polar surface area (TPSA) is 71.0 Å². The first kappa shape index (κ1) is 24.4. The predicted octanol–water partition coefficient (Wildman–Crippen LogP) is 3.83. The molecule has 2 heterocycles. The second-order valence-corrected chi connectivity index (χ2v) is 8.31. The number of aromatic nitrogens is 1. The van der Waals surface area contributed by atoms with Crippen LogP contribution in [0.4, 0.5) is 5.69 Å². The molecule has 0 amide bonds. The van der Waals surface area contributed by atoms with Crippen molar-refractivity contribution in [1.82, 2.24) is 15.6 Å². The molecule has 1 aromatic carbocycles. The lowest BCUT2D eigenvalue weighted by Crippen LogP contribution is -2.51. The molecule has 7 nitrogen and oxygen atoms in total. The number of anilines is 1. The van der Waals surface area contributed by atoms with Crippen LogP contribution in [0.15, 0.2) is 47.6 Å². The van der Waals surface area contributed by atoms with Gasteiger partial charge in [-0.2, -0.15) is 0 Å². The number of nitrogens with one attached hydrogen (secondary N) is 2. The Bertz CT molecular complexity index is 890. The summed E-state index contributed by atoms with van der Waals surface area (Å²) in [4.78, 5) is 11.1. The molecule has 1 saturated heterocycles. The van der Waals surface area contributed by atoms with Gasteiger partial charge in [0, 0.05) is 56.7 Å². The maximum atomic E-state index is 5.80. The van der Waals surface area contributed by atoms with E-state index in [1.165, 1.54) is 18.5 Å². The van der Waals surface area contributed by atoms with Crippen molar-refractivity contribution in [3.63, 3.8) is 0 Å². The molecular weight excluding hydrogens is 517 g/mol. The van der Waals surface area contributed by atoms with Gasteiger partial charge in [-0.05, 0) is 55.4 Å². The van der Waals surface area contributed by atoms with Crippen LogP contribution in [0.5, 0.6) is 11.6 Å². The summed E-state index contributed by atoms with van der Waals surface area (Å²) >= 11 is 0. The minimum Gasteiger partial charge on any atom is -0.497 e. The van der Waals surface area contributed by atoms with E-state index in [1.54, 1.807) is 7.11 Å². The van der Waals surface area contributed by atoms with E-state index in [0.29, 0.717) is 18.5 Å². The first-order valence-corrected chi connectivity index (χ1v) is 11.2. The van der Waals surface area contributed by atoms with E-state index in [1.807, 2.05) is 37.5 Å². The molecule has 2 aromatic rings. The van der Waals surface area contributed by atoms with E-state index in [-0.39, 0.29) is 24.0 Å². The van der Waals surface area contributed by atoms with Crippen LogP contribution >= 0.6 is 24.0 Å². The average Bonchev–Trinajstić information content (AvgIpc) is 3.65. The average molecular weight is 551 g/mol. The number of hydrogen-bond acceptors (Lipinski definition) is 5. The Morgan fingerprint density at radius 3 is 2.88 bits per heavy atom. The first-order chi connectivity index (χ1) is 15.2. The molecule has 4 rings (SSSR count). The maximum Gasteiger partial charge on any atom is 0.213 e. The molecule has 1 aromatic heterocycles. The van der Waals surface area contributed by atoms with Crippen LogP contribution in [0, 0.1) is 5.92 Å². The number of nitrogens with zero attached hydrogens (tertiary/aromatic N) is 3. The first-order valence-electron chi connectivity index (χ1n) is 11.2. The Balaban J connectivity index is 0.00000289. The number of halogens is 1. The standard InChI is InChI=1S/C24H33N5O2.HI/c1-25-24(27-15-19-10-11-26-23(13-19)31-17-18-8-9-18)28-20-5-4-12-29(16-20)21-6-3-7-22(14-21)30-2;/h3,6-7,10-11,13-14,18,20H,4-5,8-9,12,15-17H2,1-2H3,(H2,25,27,28);1H. The lowest BCUT2D eigenvalue weighted by molar-refractivity contribution is 0.288. The minimum absolute atomic E-state index is 0. The van der Waals surface area contributed by atoms with Crippen molar-refractivity contribution in [3.05, 3.63) is 48.2 Å². The predicted molar refractivity (Wildman–Crippen MR) is 139 cm³/mol. The second-order valence-electron chi connectivity index (χ2n) is 8.31. The number of aliphatic imine (C=N–C) groups is 1. The molecule has 8 heteroatoms. The van der Waals surface area contributed by atoms with Crippen LogP contribution in [0.2, 0.25) is 0 Å². The molecule has 2 N–H and O–H groups in total. The summed E-state index contributed by atoms with van der Waals surface area (Å²) in [7, 11) is 3.52. The smallest absolute Gasteiger partial charge is 0.213 e. The number of pyridine rings is 1. The summed E-state index contributed by atoms with van der Waals surface area (Å²) in [5, 5.41) is 7.01. The largest absolute Gasteiger partial charge is 0.497 e. The summed E-state index contributed by atoms with van der Waals surface area (Å²) in [6.07, 6.45) is 6.62.